The molecule has 2 atom stereocenters. The highest BCUT2D eigenvalue weighted by Gasteiger charge is 2.39. The Kier molecular flexibility index (Phi) is 3.39. The summed E-state index contributed by atoms with van der Waals surface area (Å²) in [6.45, 7) is 2.01. The van der Waals surface area contributed by atoms with E-state index < -0.39 is 6.10 Å². The van der Waals surface area contributed by atoms with Crippen molar-refractivity contribution < 1.29 is 14.4 Å². The number of aliphatic hydroxyl groups excluding tert-OH is 1. The van der Waals surface area contributed by atoms with Gasteiger partial charge in [-0.15, -0.1) is 11.3 Å². The maximum Gasteiger partial charge on any atom is 0.256 e. The van der Waals surface area contributed by atoms with Crippen LogP contribution in [0.1, 0.15) is 34.5 Å². The predicted molar refractivity (Wildman–Crippen MR) is 85.3 cm³/mol. The average molecular weight is 329 g/mol. The van der Waals surface area contributed by atoms with E-state index in [1.165, 1.54) is 0 Å². The Balaban J connectivity index is 1.71. The summed E-state index contributed by atoms with van der Waals surface area (Å²) in [7, 11) is 0. The molecule has 1 aliphatic rings. The van der Waals surface area contributed by atoms with E-state index in [1.54, 1.807) is 23.2 Å². The third-order valence-corrected chi connectivity index (χ3v) is 5.04. The summed E-state index contributed by atoms with van der Waals surface area (Å²) < 4.78 is 6.29. The highest BCUT2D eigenvalue weighted by atomic mass is 32.1. The van der Waals surface area contributed by atoms with Crippen LogP contribution in [0.2, 0.25) is 0 Å². The number of thiophene rings is 1. The van der Waals surface area contributed by atoms with Crippen molar-refractivity contribution in [3.63, 3.8) is 0 Å². The van der Waals surface area contributed by atoms with Crippen LogP contribution in [0.3, 0.4) is 0 Å². The molecule has 2 aromatic heterocycles. The fourth-order valence-corrected chi connectivity index (χ4v) is 3.95. The number of aryl methyl sites for hydroxylation is 1. The van der Waals surface area contributed by atoms with Gasteiger partial charge in [0.2, 0.25) is 5.89 Å². The monoisotopic (exact) mass is 329 g/mol. The van der Waals surface area contributed by atoms with E-state index in [4.69, 9.17) is 4.52 Å². The molecular weight excluding hydrogens is 314 g/mol. The summed E-state index contributed by atoms with van der Waals surface area (Å²) in [5.74, 6) is 0.793. The summed E-state index contributed by atoms with van der Waals surface area (Å²) in [5, 5.41) is 16.6. The van der Waals surface area contributed by atoms with Crippen LogP contribution < -0.4 is 0 Å². The predicted octanol–water partition coefficient (Wildman–Crippen LogP) is 2.54. The number of rotatable bonds is 2. The molecule has 7 heteroatoms. The van der Waals surface area contributed by atoms with E-state index in [0.29, 0.717) is 23.7 Å². The molecule has 0 bridgehead atoms. The fourth-order valence-electron chi connectivity index (χ4n) is 3.02. The van der Waals surface area contributed by atoms with E-state index in [2.05, 4.69) is 10.1 Å². The van der Waals surface area contributed by atoms with Crippen LogP contribution in [-0.2, 0) is 0 Å². The first-order valence-corrected chi connectivity index (χ1v) is 8.27. The van der Waals surface area contributed by atoms with Crippen molar-refractivity contribution in [2.24, 2.45) is 0 Å². The van der Waals surface area contributed by atoms with Gasteiger partial charge >= 0.3 is 0 Å². The van der Waals surface area contributed by atoms with E-state index in [9.17, 15) is 9.90 Å². The van der Waals surface area contributed by atoms with Gasteiger partial charge in [0, 0.05) is 28.4 Å². The summed E-state index contributed by atoms with van der Waals surface area (Å²) in [4.78, 5) is 18.8. The first-order chi connectivity index (χ1) is 11.1. The van der Waals surface area contributed by atoms with Gasteiger partial charge in [0.15, 0.2) is 5.82 Å². The van der Waals surface area contributed by atoms with Gasteiger partial charge in [-0.2, -0.15) is 4.98 Å². The molecule has 1 aliphatic heterocycles. The van der Waals surface area contributed by atoms with Gasteiger partial charge in [-0.25, -0.2) is 0 Å². The molecule has 118 valence electrons. The van der Waals surface area contributed by atoms with Crippen LogP contribution in [0.25, 0.3) is 10.1 Å². The largest absolute Gasteiger partial charge is 0.391 e. The Morgan fingerprint density at radius 3 is 3.04 bits per heavy atom. The van der Waals surface area contributed by atoms with Crippen LogP contribution in [0.4, 0.5) is 0 Å². The quantitative estimate of drug-likeness (QED) is 0.781. The van der Waals surface area contributed by atoms with Gasteiger partial charge in [0.05, 0.1) is 11.7 Å². The Morgan fingerprint density at radius 2 is 2.26 bits per heavy atom. The molecule has 6 nitrogen and oxygen atoms in total. The normalized spacial score (nSPS) is 21.2. The van der Waals surface area contributed by atoms with Crippen LogP contribution in [0.15, 0.2) is 34.2 Å². The van der Waals surface area contributed by atoms with Crippen molar-refractivity contribution in [3.8, 4) is 0 Å². The summed E-state index contributed by atoms with van der Waals surface area (Å²) in [6.07, 6.45) is -0.170. The number of likely N-dealkylation sites (tertiary alicyclic amines) is 1. The number of hydrogen-bond acceptors (Lipinski definition) is 6. The van der Waals surface area contributed by atoms with Crippen molar-refractivity contribution in [2.75, 3.05) is 6.54 Å². The highest BCUT2D eigenvalue weighted by Crippen LogP contribution is 2.35. The van der Waals surface area contributed by atoms with Crippen molar-refractivity contribution in [3.05, 3.63) is 46.9 Å². The standard InChI is InChI=1S/C16H15N3O3S/c1-9-17-15(22-18-9)13-6-10(20)7-19(13)16(21)12-8-23-14-5-3-2-4-11(12)14/h2-5,8,10,13,20H,6-7H2,1H3/t10-,13-/m1/s1. The minimum atomic E-state index is -0.582. The average Bonchev–Trinajstić information content (AvgIpc) is 3.24. The Bertz CT molecular complexity index is 872. The molecule has 0 unspecified atom stereocenters. The highest BCUT2D eigenvalue weighted by molar-refractivity contribution is 7.17. The number of aliphatic hydroxyl groups is 1. The molecule has 4 rings (SSSR count). The second-order valence-electron chi connectivity index (χ2n) is 5.69. The van der Waals surface area contributed by atoms with Crippen LogP contribution in [0, 0.1) is 6.92 Å². The molecule has 1 fully saturated rings. The van der Waals surface area contributed by atoms with E-state index >= 15 is 0 Å². The molecule has 1 amide bonds. The van der Waals surface area contributed by atoms with E-state index in [-0.39, 0.29) is 18.5 Å². The number of β-amino-alcohol motifs (C(OH)–C–C–N with tert-alkyl or cyclic N) is 1. The maximum absolute atomic E-state index is 13.0. The summed E-state index contributed by atoms with van der Waals surface area (Å²) in [5.41, 5.74) is 0.654. The van der Waals surface area contributed by atoms with Gasteiger partial charge < -0.3 is 14.5 Å². The van der Waals surface area contributed by atoms with Crippen molar-refractivity contribution in [1.82, 2.24) is 15.0 Å². The lowest BCUT2D eigenvalue weighted by molar-refractivity contribution is 0.0696. The first kappa shape index (κ1) is 14.3. The van der Waals surface area contributed by atoms with Crippen molar-refractivity contribution in [1.29, 1.82) is 0 Å². The van der Waals surface area contributed by atoms with Gasteiger partial charge in [-0.05, 0) is 13.0 Å². The minimum absolute atomic E-state index is 0.111. The Hall–Kier alpha value is -2.25. The van der Waals surface area contributed by atoms with E-state index in [1.807, 2.05) is 29.6 Å². The molecule has 0 saturated carbocycles. The zero-order valence-electron chi connectivity index (χ0n) is 12.5. The lowest BCUT2D eigenvalue weighted by Gasteiger charge is -2.21. The molecule has 3 aromatic rings. The number of amides is 1. The van der Waals surface area contributed by atoms with E-state index in [0.717, 1.165) is 10.1 Å². The number of fused-ring (bicyclic) bond motifs is 1. The number of aromatic nitrogens is 2. The third-order valence-electron chi connectivity index (χ3n) is 4.08. The number of carbonyl (C=O) groups is 1. The molecular formula is C16H15N3O3S. The number of carbonyl (C=O) groups excluding carboxylic acids is 1. The van der Waals surface area contributed by atoms with Crippen molar-refractivity contribution >= 4 is 27.3 Å². The molecule has 0 spiro atoms. The molecule has 23 heavy (non-hydrogen) atoms. The van der Waals surface area contributed by atoms with Gasteiger partial charge in [-0.3, -0.25) is 4.79 Å². The van der Waals surface area contributed by atoms with Gasteiger partial charge in [0.1, 0.15) is 6.04 Å². The van der Waals surface area contributed by atoms with Crippen LogP contribution in [0.5, 0.6) is 0 Å². The molecule has 0 aliphatic carbocycles. The Labute approximate surface area is 136 Å². The smallest absolute Gasteiger partial charge is 0.256 e. The molecule has 1 aromatic carbocycles. The lowest BCUT2D eigenvalue weighted by Crippen LogP contribution is -2.31. The second-order valence-corrected chi connectivity index (χ2v) is 6.60. The molecule has 1 N–H and O–H groups in total. The molecule has 0 radical (unpaired) electrons. The number of hydrogen-bond donors (Lipinski definition) is 1. The summed E-state index contributed by atoms with van der Waals surface area (Å²) in [6, 6.07) is 7.43. The lowest BCUT2D eigenvalue weighted by atomic mass is 10.1. The second kappa shape index (κ2) is 5.43. The maximum atomic E-state index is 13.0. The number of nitrogens with zero attached hydrogens (tertiary/aromatic N) is 3. The number of benzene rings is 1. The Morgan fingerprint density at radius 1 is 1.43 bits per heavy atom. The SMILES string of the molecule is Cc1noc([C@H]2C[C@@H](O)CN2C(=O)c2csc3ccccc23)n1. The third kappa shape index (κ3) is 2.42. The van der Waals surface area contributed by atoms with Crippen LogP contribution >= 0.6 is 11.3 Å². The van der Waals surface area contributed by atoms with Crippen LogP contribution in [-0.4, -0.2) is 38.7 Å². The minimum Gasteiger partial charge on any atom is -0.391 e. The topological polar surface area (TPSA) is 79.5 Å². The van der Waals surface area contributed by atoms with Crippen molar-refractivity contribution in [2.45, 2.75) is 25.5 Å². The van der Waals surface area contributed by atoms with Gasteiger partial charge in [-0.1, -0.05) is 23.4 Å². The van der Waals surface area contributed by atoms with Gasteiger partial charge in [0.25, 0.3) is 5.91 Å². The molecule has 3 heterocycles. The fraction of sp³-hybridized carbons (Fsp3) is 0.312. The zero-order chi connectivity index (χ0) is 16.0. The molecule has 1 saturated heterocycles. The first-order valence-electron chi connectivity index (χ1n) is 7.39. The summed E-state index contributed by atoms with van der Waals surface area (Å²) >= 11 is 1.54. The zero-order valence-corrected chi connectivity index (χ0v) is 13.3.